The monoisotopic (exact) mass is 493 g/mol. The van der Waals surface area contributed by atoms with E-state index in [-0.39, 0.29) is 22.6 Å². The lowest BCUT2D eigenvalue weighted by Gasteiger charge is -2.42. The Morgan fingerprint density at radius 3 is 2.62 bits per heavy atom. The first kappa shape index (κ1) is 22.3. The van der Waals surface area contributed by atoms with Gasteiger partial charge in [0.15, 0.2) is 5.65 Å². The van der Waals surface area contributed by atoms with Crippen LogP contribution in [0.4, 0.5) is 5.95 Å². The lowest BCUT2D eigenvalue weighted by Crippen LogP contribution is -2.45. The topological polar surface area (TPSA) is 116 Å². The van der Waals surface area contributed by atoms with Gasteiger partial charge >= 0.3 is 0 Å². The first-order chi connectivity index (χ1) is 17.9. The molecule has 188 valence electrons. The first-order valence-electron chi connectivity index (χ1n) is 13.0. The predicted molar refractivity (Wildman–Crippen MR) is 145 cm³/mol. The zero-order valence-electron chi connectivity index (χ0n) is 21.1. The number of aromatic nitrogens is 4. The molecule has 1 atom stereocenters. The molecule has 1 saturated heterocycles. The van der Waals surface area contributed by atoms with Crippen molar-refractivity contribution < 1.29 is 0 Å². The number of nitrogens with two attached hydrogens (primary N) is 1. The molecule has 2 aromatic heterocycles. The molecule has 1 fully saturated rings. The minimum absolute atomic E-state index is 0.0562. The number of hydrogen-bond donors (Lipinski definition) is 4. The Labute approximate surface area is 215 Å². The highest BCUT2D eigenvalue weighted by atomic mass is 16.1. The lowest BCUT2D eigenvalue weighted by atomic mass is 9.73. The number of rotatable bonds is 2. The second kappa shape index (κ2) is 7.79. The standard InChI is InChI=1S/C29H31N7O/c1-28(2)21-10-6-5-9-19(21)20(16-31-28)23-22-25(35-34-23)32-27(33-26(22)37)36-13-11-29(12-14-36)15-17-7-3-4-8-18(17)24(29)30/h3-10,16,24,31H,11-15,30H2,1-2H3,(H2,32,33,34,35,37)/t24-/m1/s1. The summed E-state index contributed by atoms with van der Waals surface area (Å²) in [4.78, 5) is 23.4. The summed E-state index contributed by atoms with van der Waals surface area (Å²) in [6.07, 6.45) is 4.90. The third-order valence-electron chi connectivity index (χ3n) is 8.79. The highest BCUT2D eigenvalue weighted by Crippen LogP contribution is 2.50. The predicted octanol–water partition coefficient (Wildman–Crippen LogP) is 3.72. The highest BCUT2D eigenvalue weighted by Gasteiger charge is 2.46. The van der Waals surface area contributed by atoms with E-state index in [1.165, 1.54) is 16.7 Å². The summed E-state index contributed by atoms with van der Waals surface area (Å²) in [6.45, 7) is 5.88. The summed E-state index contributed by atoms with van der Waals surface area (Å²) >= 11 is 0. The Kier molecular flexibility index (Phi) is 4.70. The van der Waals surface area contributed by atoms with E-state index in [0.717, 1.165) is 43.5 Å². The Morgan fingerprint density at radius 1 is 1.05 bits per heavy atom. The molecule has 2 aliphatic heterocycles. The molecule has 8 nitrogen and oxygen atoms in total. The Hall–Kier alpha value is -3.91. The first-order valence-corrected chi connectivity index (χ1v) is 13.0. The minimum Gasteiger partial charge on any atom is -0.381 e. The molecule has 0 radical (unpaired) electrons. The summed E-state index contributed by atoms with van der Waals surface area (Å²) in [7, 11) is 0. The molecule has 2 aromatic carbocycles. The maximum absolute atomic E-state index is 13.4. The molecule has 5 N–H and O–H groups in total. The molecule has 0 bridgehead atoms. The number of benzene rings is 2. The second-order valence-electron chi connectivity index (χ2n) is 11.3. The number of hydrogen-bond acceptors (Lipinski definition) is 6. The zero-order valence-corrected chi connectivity index (χ0v) is 21.1. The van der Waals surface area contributed by atoms with Crippen LogP contribution in [0.15, 0.2) is 59.5 Å². The molecule has 4 heterocycles. The molecular weight excluding hydrogens is 462 g/mol. The molecule has 0 saturated carbocycles. The van der Waals surface area contributed by atoms with Crippen LogP contribution in [0.5, 0.6) is 0 Å². The van der Waals surface area contributed by atoms with Gasteiger partial charge in [0.25, 0.3) is 5.56 Å². The number of aromatic amines is 2. The van der Waals surface area contributed by atoms with E-state index >= 15 is 0 Å². The number of H-pyrrole nitrogens is 2. The van der Waals surface area contributed by atoms with Crippen LogP contribution in [0.1, 0.15) is 60.7 Å². The van der Waals surface area contributed by atoms with Crippen molar-refractivity contribution in [1.29, 1.82) is 0 Å². The van der Waals surface area contributed by atoms with E-state index in [2.05, 4.69) is 75.6 Å². The Bertz CT molecular complexity index is 1620. The van der Waals surface area contributed by atoms with Gasteiger partial charge in [-0.2, -0.15) is 10.1 Å². The van der Waals surface area contributed by atoms with E-state index in [9.17, 15) is 4.79 Å². The normalized spacial score (nSPS) is 21.4. The van der Waals surface area contributed by atoms with Crippen LogP contribution in [0.25, 0.3) is 16.6 Å². The van der Waals surface area contributed by atoms with Gasteiger partial charge in [-0.3, -0.25) is 14.9 Å². The summed E-state index contributed by atoms with van der Waals surface area (Å²) in [5, 5.41) is 11.5. The fourth-order valence-corrected chi connectivity index (χ4v) is 6.61. The number of fused-ring (bicyclic) bond motifs is 3. The van der Waals surface area contributed by atoms with Crippen molar-refractivity contribution in [3.05, 3.63) is 93.0 Å². The van der Waals surface area contributed by atoms with Gasteiger partial charge in [0.1, 0.15) is 11.1 Å². The van der Waals surface area contributed by atoms with Crippen LogP contribution in [0.2, 0.25) is 0 Å². The number of anilines is 1. The van der Waals surface area contributed by atoms with Crippen LogP contribution >= 0.6 is 0 Å². The third kappa shape index (κ3) is 3.28. The smallest absolute Gasteiger partial charge is 0.264 e. The third-order valence-corrected chi connectivity index (χ3v) is 8.79. The van der Waals surface area contributed by atoms with Gasteiger partial charge in [0, 0.05) is 30.9 Å². The maximum Gasteiger partial charge on any atom is 0.264 e. The highest BCUT2D eigenvalue weighted by molar-refractivity contribution is 5.94. The summed E-state index contributed by atoms with van der Waals surface area (Å²) in [6, 6.07) is 16.8. The number of piperidine rings is 1. The van der Waals surface area contributed by atoms with Gasteiger partial charge in [0.2, 0.25) is 5.95 Å². The molecule has 4 aromatic rings. The van der Waals surface area contributed by atoms with E-state index in [1.54, 1.807) is 0 Å². The van der Waals surface area contributed by atoms with Crippen LogP contribution in [0, 0.1) is 5.41 Å². The van der Waals surface area contributed by atoms with Crippen molar-refractivity contribution in [2.24, 2.45) is 11.1 Å². The van der Waals surface area contributed by atoms with Gasteiger partial charge in [-0.1, -0.05) is 48.5 Å². The number of nitrogens with one attached hydrogen (secondary N) is 3. The average Bonchev–Trinajstić information content (AvgIpc) is 3.44. The summed E-state index contributed by atoms with van der Waals surface area (Å²) in [5.74, 6) is 0.587. The molecule has 0 amide bonds. The molecule has 3 aliphatic rings. The van der Waals surface area contributed by atoms with Crippen molar-refractivity contribution in [3.63, 3.8) is 0 Å². The molecule has 7 rings (SSSR count). The zero-order chi connectivity index (χ0) is 25.4. The molecular formula is C29H31N7O. The Balaban J connectivity index is 1.19. The van der Waals surface area contributed by atoms with Gasteiger partial charge in [-0.25, -0.2) is 0 Å². The molecule has 1 aliphatic carbocycles. The lowest BCUT2D eigenvalue weighted by molar-refractivity contribution is 0.187. The van der Waals surface area contributed by atoms with Gasteiger partial charge in [-0.05, 0) is 60.8 Å². The largest absolute Gasteiger partial charge is 0.381 e. The summed E-state index contributed by atoms with van der Waals surface area (Å²) in [5.41, 5.74) is 13.3. The average molecular weight is 494 g/mol. The number of nitrogens with zero attached hydrogens (tertiary/aromatic N) is 3. The van der Waals surface area contributed by atoms with Crippen LogP contribution in [-0.4, -0.2) is 33.3 Å². The molecule has 8 heteroatoms. The van der Waals surface area contributed by atoms with Crippen molar-refractivity contribution >= 4 is 22.6 Å². The van der Waals surface area contributed by atoms with E-state index < -0.39 is 0 Å². The summed E-state index contributed by atoms with van der Waals surface area (Å²) < 4.78 is 0. The van der Waals surface area contributed by atoms with Gasteiger partial charge in [0.05, 0.1) is 5.54 Å². The quantitative estimate of drug-likeness (QED) is 0.338. The van der Waals surface area contributed by atoms with E-state index in [0.29, 0.717) is 22.7 Å². The second-order valence-corrected chi connectivity index (χ2v) is 11.3. The fraction of sp³-hybridized carbons (Fsp3) is 0.345. The maximum atomic E-state index is 13.4. The van der Waals surface area contributed by atoms with Gasteiger partial charge < -0.3 is 16.0 Å². The Morgan fingerprint density at radius 2 is 1.81 bits per heavy atom. The van der Waals surface area contributed by atoms with Crippen LogP contribution in [-0.2, 0) is 12.0 Å². The van der Waals surface area contributed by atoms with Crippen molar-refractivity contribution in [2.45, 2.75) is 44.7 Å². The van der Waals surface area contributed by atoms with E-state index in [4.69, 9.17) is 10.7 Å². The molecule has 37 heavy (non-hydrogen) atoms. The van der Waals surface area contributed by atoms with Crippen LogP contribution in [0.3, 0.4) is 0 Å². The molecule has 0 unspecified atom stereocenters. The fourth-order valence-electron chi connectivity index (χ4n) is 6.61. The van der Waals surface area contributed by atoms with Crippen LogP contribution < -0.4 is 21.5 Å². The minimum atomic E-state index is -0.209. The van der Waals surface area contributed by atoms with Crippen molar-refractivity contribution in [2.75, 3.05) is 18.0 Å². The van der Waals surface area contributed by atoms with E-state index in [1.807, 2.05) is 18.3 Å². The SMILES string of the molecule is CC1(C)NC=C(c2n[nH]c3nc(N4CCC5(CC4)Cc4ccccc4[C@H]5N)[nH]c(=O)c23)c2ccccc21. The molecule has 1 spiro atoms. The van der Waals surface area contributed by atoms with Gasteiger partial charge in [-0.15, -0.1) is 0 Å². The van der Waals surface area contributed by atoms with Crippen molar-refractivity contribution in [3.8, 4) is 0 Å². The van der Waals surface area contributed by atoms with Crippen molar-refractivity contribution in [1.82, 2.24) is 25.5 Å².